The first-order chi connectivity index (χ1) is 7.66. The molecule has 0 unspecified atom stereocenters. The van der Waals surface area contributed by atoms with Crippen molar-refractivity contribution in [3.8, 4) is 0 Å². The number of hydrogen-bond acceptors (Lipinski definition) is 2. The lowest BCUT2D eigenvalue weighted by Crippen LogP contribution is -2.29. The van der Waals surface area contributed by atoms with Crippen molar-refractivity contribution in [1.82, 2.24) is 0 Å². The molecule has 3 nitrogen and oxygen atoms in total. The van der Waals surface area contributed by atoms with Crippen molar-refractivity contribution in [2.45, 2.75) is 6.92 Å². The molecule has 1 aliphatic rings. The average Bonchev–Trinajstić information content (AvgIpc) is 2.52. The standard InChI is InChI=1S/C12H10BrNO2/c1-2-3-7-14-10-8(11(15)12(14)16)5-4-6-9(10)13/h2-6H,7H2,1H3. The normalized spacial score (nSPS) is 15.0. The summed E-state index contributed by atoms with van der Waals surface area (Å²) in [5.41, 5.74) is 1.15. The summed E-state index contributed by atoms with van der Waals surface area (Å²) < 4.78 is 0.772. The summed E-state index contributed by atoms with van der Waals surface area (Å²) in [6.07, 6.45) is 3.70. The van der Waals surface area contributed by atoms with Crippen LogP contribution in [0.3, 0.4) is 0 Å². The summed E-state index contributed by atoms with van der Waals surface area (Å²) in [6, 6.07) is 5.26. The van der Waals surface area contributed by atoms with E-state index in [0.717, 1.165) is 4.47 Å². The number of halogens is 1. The second-order valence-electron chi connectivity index (χ2n) is 3.45. The highest BCUT2D eigenvalue weighted by molar-refractivity contribution is 9.10. The minimum absolute atomic E-state index is 0.427. The number of allylic oxidation sites excluding steroid dienone is 1. The minimum Gasteiger partial charge on any atom is -0.300 e. The summed E-state index contributed by atoms with van der Waals surface area (Å²) in [6.45, 7) is 2.31. The third-order valence-electron chi connectivity index (χ3n) is 2.46. The molecule has 1 heterocycles. The molecule has 0 spiro atoms. The maximum Gasteiger partial charge on any atom is 0.299 e. The Morgan fingerprint density at radius 2 is 2.12 bits per heavy atom. The van der Waals surface area contributed by atoms with Crippen molar-refractivity contribution < 1.29 is 9.59 Å². The van der Waals surface area contributed by atoms with E-state index in [2.05, 4.69) is 15.9 Å². The van der Waals surface area contributed by atoms with Gasteiger partial charge in [-0.2, -0.15) is 0 Å². The molecule has 0 N–H and O–H groups in total. The highest BCUT2D eigenvalue weighted by Crippen LogP contribution is 2.35. The summed E-state index contributed by atoms with van der Waals surface area (Å²) in [7, 11) is 0. The van der Waals surface area contributed by atoms with Crippen molar-refractivity contribution in [3.63, 3.8) is 0 Å². The summed E-state index contributed by atoms with van der Waals surface area (Å²) in [5, 5.41) is 0. The van der Waals surface area contributed by atoms with E-state index in [1.165, 1.54) is 4.90 Å². The highest BCUT2D eigenvalue weighted by atomic mass is 79.9. The zero-order chi connectivity index (χ0) is 11.7. The van der Waals surface area contributed by atoms with E-state index in [-0.39, 0.29) is 0 Å². The van der Waals surface area contributed by atoms with Gasteiger partial charge in [0.15, 0.2) is 0 Å². The monoisotopic (exact) mass is 279 g/mol. The van der Waals surface area contributed by atoms with Crippen LogP contribution in [0.5, 0.6) is 0 Å². The molecule has 0 fully saturated rings. The van der Waals surface area contributed by atoms with Crippen LogP contribution >= 0.6 is 15.9 Å². The molecular weight excluding hydrogens is 270 g/mol. The fourth-order valence-electron chi connectivity index (χ4n) is 1.70. The van der Waals surface area contributed by atoms with Crippen molar-refractivity contribution in [2.24, 2.45) is 0 Å². The predicted molar refractivity (Wildman–Crippen MR) is 65.6 cm³/mol. The van der Waals surface area contributed by atoms with Crippen LogP contribution in [0.4, 0.5) is 5.69 Å². The molecule has 0 atom stereocenters. The first-order valence-electron chi connectivity index (χ1n) is 4.92. The van der Waals surface area contributed by atoms with Gasteiger partial charge in [-0.15, -0.1) is 0 Å². The molecule has 0 aliphatic carbocycles. The molecule has 0 saturated carbocycles. The zero-order valence-electron chi connectivity index (χ0n) is 8.74. The van der Waals surface area contributed by atoms with Crippen molar-refractivity contribution >= 4 is 33.3 Å². The predicted octanol–water partition coefficient (Wildman–Crippen LogP) is 2.55. The van der Waals surface area contributed by atoms with Gasteiger partial charge >= 0.3 is 0 Å². The Morgan fingerprint density at radius 1 is 1.38 bits per heavy atom. The number of fused-ring (bicyclic) bond motifs is 1. The van der Waals surface area contributed by atoms with Crippen LogP contribution in [-0.2, 0) is 4.79 Å². The van der Waals surface area contributed by atoms with Crippen LogP contribution in [0, 0.1) is 0 Å². The van der Waals surface area contributed by atoms with Gasteiger partial charge in [0.1, 0.15) is 0 Å². The van der Waals surface area contributed by atoms with Gasteiger partial charge in [-0.3, -0.25) is 14.5 Å². The van der Waals surface area contributed by atoms with Gasteiger partial charge < -0.3 is 0 Å². The highest BCUT2D eigenvalue weighted by Gasteiger charge is 2.36. The number of nitrogens with zero attached hydrogens (tertiary/aromatic N) is 1. The number of amides is 1. The summed E-state index contributed by atoms with van der Waals surface area (Å²) in [4.78, 5) is 24.9. The fourth-order valence-corrected chi connectivity index (χ4v) is 2.28. The van der Waals surface area contributed by atoms with Crippen LogP contribution in [-0.4, -0.2) is 18.2 Å². The molecule has 1 aromatic rings. The third kappa shape index (κ3) is 1.59. The molecule has 2 rings (SSSR count). The van der Waals surface area contributed by atoms with Crippen molar-refractivity contribution in [1.29, 1.82) is 0 Å². The van der Waals surface area contributed by atoms with Crippen LogP contribution in [0.1, 0.15) is 17.3 Å². The Labute approximate surface area is 102 Å². The number of carbonyl (C=O) groups is 2. The SMILES string of the molecule is CC=CCN1C(=O)C(=O)c2cccc(Br)c21. The maximum atomic E-state index is 11.7. The Bertz CT molecular complexity index is 494. The van der Waals surface area contributed by atoms with Gasteiger partial charge in [-0.05, 0) is 35.0 Å². The smallest absolute Gasteiger partial charge is 0.299 e. The summed E-state index contributed by atoms with van der Waals surface area (Å²) >= 11 is 3.36. The Balaban J connectivity index is 2.51. The zero-order valence-corrected chi connectivity index (χ0v) is 10.3. The van der Waals surface area contributed by atoms with Crippen LogP contribution in [0.25, 0.3) is 0 Å². The molecule has 1 amide bonds. The second-order valence-corrected chi connectivity index (χ2v) is 4.30. The maximum absolute atomic E-state index is 11.7. The van der Waals surface area contributed by atoms with Gasteiger partial charge in [-0.1, -0.05) is 18.2 Å². The average molecular weight is 280 g/mol. The Morgan fingerprint density at radius 3 is 2.81 bits per heavy atom. The van der Waals surface area contributed by atoms with E-state index in [0.29, 0.717) is 17.8 Å². The Kier molecular flexibility index (Phi) is 2.92. The fraction of sp³-hybridized carbons (Fsp3) is 0.167. The molecule has 0 bridgehead atoms. The van der Waals surface area contributed by atoms with Gasteiger partial charge in [0, 0.05) is 11.0 Å². The van der Waals surface area contributed by atoms with E-state index >= 15 is 0 Å². The Hall–Kier alpha value is -1.42. The molecular formula is C12H10BrNO2. The topological polar surface area (TPSA) is 37.4 Å². The molecule has 0 aromatic heterocycles. The minimum atomic E-state index is -0.458. The first-order valence-corrected chi connectivity index (χ1v) is 5.72. The van der Waals surface area contributed by atoms with E-state index in [4.69, 9.17) is 0 Å². The van der Waals surface area contributed by atoms with Crippen molar-refractivity contribution in [2.75, 3.05) is 11.4 Å². The molecule has 1 aromatic carbocycles. The number of Topliss-reactive ketones (excluding diaryl/α,β-unsaturated/α-hetero) is 1. The molecule has 16 heavy (non-hydrogen) atoms. The van der Waals surface area contributed by atoms with E-state index in [9.17, 15) is 9.59 Å². The van der Waals surface area contributed by atoms with E-state index in [1.54, 1.807) is 12.1 Å². The van der Waals surface area contributed by atoms with Crippen molar-refractivity contribution in [3.05, 3.63) is 40.4 Å². The quantitative estimate of drug-likeness (QED) is 0.616. The first kappa shape index (κ1) is 11.1. The number of benzene rings is 1. The van der Waals surface area contributed by atoms with Gasteiger partial charge in [0.2, 0.25) is 0 Å². The lowest BCUT2D eigenvalue weighted by Gasteiger charge is -2.15. The van der Waals surface area contributed by atoms with Crippen LogP contribution in [0.2, 0.25) is 0 Å². The largest absolute Gasteiger partial charge is 0.300 e. The molecule has 82 valence electrons. The molecule has 0 radical (unpaired) electrons. The third-order valence-corrected chi connectivity index (χ3v) is 3.10. The van der Waals surface area contributed by atoms with Gasteiger partial charge in [0.05, 0.1) is 11.3 Å². The van der Waals surface area contributed by atoms with E-state index in [1.807, 2.05) is 25.1 Å². The molecule has 4 heteroatoms. The number of hydrogen-bond donors (Lipinski definition) is 0. The van der Waals surface area contributed by atoms with Gasteiger partial charge in [0.25, 0.3) is 11.7 Å². The van der Waals surface area contributed by atoms with Crippen LogP contribution < -0.4 is 4.90 Å². The number of rotatable bonds is 2. The summed E-state index contributed by atoms with van der Waals surface area (Å²) in [5.74, 6) is -0.888. The second kappa shape index (κ2) is 4.22. The number of carbonyl (C=O) groups excluding carboxylic acids is 2. The number of para-hydroxylation sites is 1. The number of anilines is 1. The lowest BCUT2D eigenvalue weighted by molar-refractivity contribution is -0.114. The van der Waals surface area contributed by atoms with Crippen LogP contribution in [0.15, 0.2) is 34.8 Å². The van der Waals surface area contributed by atoms with Gasteiger partial charge in [-0.25, -0.2) is 0 Å². The van der Waals surface area contributed by atoms with E-state index < -0.39 is 11.7 Å². The molecule has 1 aliphatic heterocycles. The number of ketones is 1. The molecule has 0 saturated heterocycles. The lowest BCUT2D eigenvalue weighted by atomic mass is 10.1.